The number of fused-ring (bicyclic) bond motifs is 1. The molecule has 0 aliphatic carbocycles. The maximum Gasteiger partial charge on any atom is 0.153 e. The van der Waals surface area contributed by atoms with E-state index in [1.807, 2.05) is 55.5 Å². The molecule has 0 atom stereocenters. The van der Waals surface area contributed by atoms with Crippen LogP contribution >= 0.6 is 0 Å². The van der Waals surface area contributed by atoms with Crippen molar-refractivity contribution in [1.29, 1.82) is 0 Å². The van der Waals surface area contributed by atoms with Crippen LogP contribution in [-0.2, 0) is 0 Å². The molecule has 0 N–H and O–H groups in total. The van der Waals surface area contributed by atoms with Crippen LogP contribution in [0.25, 0.3) is 10.9 Å². The molecular formula is C17H13NO2. The minimum Gasteiger partial charge on any atom is -0.457 e. The SMILES string of the molecule is Cc1ccc(Oc2ccc3cccnc3c2)c(C=O)c1. The van der Waals surface area contributed by atoms with Gasteiger partial charge in [0.25, 0.3) is 0 Å². The highest BCUT2D eigenvalue weighted by Crippen LogP contribution is 2.27. The molecule has 0 unspecified atom stereocenters. The minimum atomic E-state index is 0.547. The van der Waals surface area contributed by atoms with Crippen molar-refractivity contribution in [2.75, 3.05) is 0 Å². The topological polar surface area (TPSA) is 39.2 Å². The molecule has 1 aromatic heterocycles. The Morgan fingerprint density at radius 3 is 2.85 bits per heavy atom. The van der Waals surface area contributed by atoms with Crippen molar-refractivity contribution >= 4 is 17.2 Å². The molecule has 1 heterocycles. The molecule has 0 aliphatic heterocycles. The van der Waals surface area contributed by atoms with Crippen LogP contribution in [0.2, 0.25) is 0 Å². The number of hydrogen-bond donors (Lipinski definition) is 0. The van der Waals surface area contributed by atoms with Gasteiger partial charge in [0.1, 0.15) is 11.5 Å². The highest BCUT2D eigenvalue weighted by atomic mass is 16.5. The maximum atomic E-state index is 11.1. The van der Waals surface area contributed by atoms with Crippen molar-refractivity contribution in [2.24, 2.45) is 0 Å². The van der Waals surface area contributed by atoms with E-state index >= 15 is 0 Å². The Kier molecular flexibility index (Phi) is 3.17. The minimum absolute atomic E-state index is 0.547. The summed E-state index contributed by atoms with van der Waals surface area (Å²) in [6, 6.07) is 15.1. The van der Waals surface area contributed by atoms with E-state index in [4.69, 9.17) is 4.74 Å². The molecule has 0 aliphatic rings. The molecule has 3 rings (SSSR count). The number of hydrogen-bond acceptors (Lipinski definition) is 3. The number of rotatable bonds is 3. The molecule has 3 heteroatoms. The first kappa shape index (κ1) is 12.4. The second-order valence-electron chi connectivity index (χ2n) is 4.62. The Labute approximate surface area is 116 Å². The van der Waals surface area contributed by atoms with Gasteiger partial charge in [0.2, 0.25) is 0 Å². The van der Waals surface area contributed by atoms with Gasteiger partial charge in [-0.25, -0.2) is 0 Å². The van der Waals surface area contributed by atoms with Crippen LogP contribution in [0.1, 0.15) is 15.9 Å². The number of carbonyl (C=O) groups is 1. The number of pyridine rings is 1. The number of benzene rings is 2. The fraction of sp³-hybridized carbons (Fsp3) is 0.0588. The third-order valence-electron chi connectivity index (χ3n) is 3.10. The molecule has 2 aromatic carbocycles. The molecule has 98 valence electrons. The molecule has 0 radical (unpaired) electrons. The normalized spacial score (nSPS) is 10.4. The van der Waals surface area contributed by atoms with E-state index in [0.717, 1.165) is 22.8 Å². The maximum absolute atomic E-state index is 11.1. The fourth-order valence-electron chi connectivity index (χ4n) is 2.09. The third-order valence-corrected chi connectivity index (χ3v) is 3.10. The van der Waals surface area contributed by atoms with Crippen molar-refractivity contribution in [2.45, 2.75) is 6.92 Å². The van der Waals surface area contributed by atoms with E-state index in [-0.39, 0.29) is 0 Å². The Hall–Kier alpha value is -2.68. The first-order valence-electron chi connectivity index (χ1n) is 6.35. The number of nitrogens with zero attached hydrogens (tertiary/aromatic N) is 1. The summed E-state index contributed by atoms with van der Waals surface area (Å²) in [7, 11) is 0. The smallest absolute Gasteiger partial charge is 0.153 e. The van der Waals surface area contributed by atoms with E-state index in [1.54, 1.807) is 6.20 Å². The molecule has 0 bridgehead atoms. The summed E-state index contributed by atoms with van der Waals surface area (Å²) in [5.74, 6) is 1.23. The molecule has 0 fully saturated rings. The van der Waals surface area contributed by atoms with Crippen LogP contribution in [-0.4, -0.2) is 11.3 Å². The van der Waals surface area contributed by atoms with Gasteiger partial charge >= 0.3 is 0 Å². The predicted molar refractivity (Wildman–Crippen MR) is 78.4 cm³/mol. The summed E-state index contributed by atoms with van der Waals surface area (Å²) in [5, 5.41) is 1.05. The Balaban J connectivity index is 1.98. The zero-order valence-electron chi connectivity index (χ0n) is 11.0. The van der Waals surface area contributed by atoms with Gasteiger partial charge in [0, 0.05) is 17.6 Å². The van der Waals surface area contributed by atoms with E-state index in [0.29, 0.717) is 17.1 Å². The highest BCUT2D eigenvalue weighted by Gasteiger charge is 2.05. The highest BCUT2D eigenvalue weighted by molar-refractivity contribution is 5.81. The summed E-state index contributed by atoms with van der Waals surface area (Å²) >= 11 is 0. The number of aryl methyl sites for hydroxylation is 1. The van der Waals surface area contributed by atoms with Gasteiger partial charge in [-0.3, -0.25) is 9.78 Å². The quantitative estimate of drug-likeness (QED) is 0.666. The summed E-state index contributed by atoms with van der Waals surface area (Å²) < 4.78 is 5.79. The molecule has 3 aromatic rings. The van der Waals surface area contributed by atoms with Gasteiger partial charge in [0.15, 0.2) is 6.29 Å². The molecule has 0 saturated carbocycles. The summed E-state index contributed by atoms with van der Waals surface area (Å²) in [6.07, 6.45) is 2.55. The zero-order chi connectivity index (χ0) is 13.9. The second-order valence-corrected chi connectivity index (χ2v) is 4.62. The lowest BCUT2D eigenvalue weighted by Gasteiger charge is -2.09. The number of aromatic nitrogens is 1. The van der Waals surface area contributed by atoms with Crippen molar-refractivity contribution in [1.82, 2.24) is 4.98 Å². The number of ether oxygens (including phenoxy) is 1. The lowest BCUT2D eigenvalue weighted by Crippen LogP contribution is -1.91. The van der Waals surface area contributed by atoms with Crippen molar-refractivity contribution in [3.05, 3.63) is 65.9 Å². The average molecular weight is 263 g/mol. The largest absolute Gasteiger partial charge is 0.457 e. The van der Waals surface area contributed by atoms with Crippen LogP contribution in [0.3, 0.4) is 0 Å². The fourth-order valence-corrected chi connectivity index (χ4v) is 2.09. The molecule has 0 amide bonds. The standard InChI is InChI=1S/C17H13NO2/c1-12-4-7-17(14(9-12)11-19)20-15-6-5-13-3-2-8-18-16(13)10-15/h2-11H,1H3. The van der Waals surface area contributed by atoms with Crippen LogP contribution in [0.15, 0.2) is 54.7 Å². The molecule has 3 nitrogen and oxygen atoms in total. The summed E-state index contributed by atoms with van der Waals surface area (Å²) in [5.41, 5.74) is 2.44. The first-order chi connectivity index (χ1) is 9.76. The second kappa shape index (κ2) is 5.13. The van der Waals surface area contributed by atoms with Crippen molar-refractivity contribution < 1.29 is 9.53 Å². The van der Waals surface area contributed by atoms with Crippen LogP contribution in [0.5, 0.6) is 11.5 Å². The number of carbonyl (C=O) groups excluding carboxylic acids is 1. The summed E-state index contributed by atoms with van der Waals surface area (Å²) in [6.45, 7) is 1.94. The van der Waals surface area contributed by atoms with Crippen LogP contribution in [0.4, 0.5) is 0 Å². The molecule has 20 heavy (non-hydrogen) atoms. The third kappa shape index (κ3) is 2.38. The monoisotopic (exact) mass is 263 g/mol. The Morgan fingerprint density at radius 2 is 2.00 bits per heavy atom. The number of aldehydes is 1. The van der Waals surface area contributed by atoms with Gasteiger partial charge in [-0.15, -0.1) is 0 Å². The Bertz CT molecular complexity index is 781. The van der Waals surface area contributed by atoms with Crippen LogP contribution in [0, 0.1) is 6.92 Å². The average Bonchev–Trinajstić information content (AvgIpc) is 2.49. The van der Waals surface area contributed by atoms with Gasteiger partial charge in [-0.2, -0.15) is 0 Å². The van der Waals surface area contributed by atoms with Gasteiger partial charge < -0.3 is 4.74 Å². The lowest BCUT2D eigenvalue weighted by molar-refractivity contribution is 0.112. The molecule has 0 spiro atoms. The summed E-state index contributed by atoms with van der Waals surface area (Å²) in [4.78, 5) is 15.4. The molecular weight excluding hydrogens is 250 g/mol. The van der Waals surface area contributed by atoms with Gasteiger partial charge in [-0.1, -0.05) is 17.7 Å². The van der Waals surface area contributed by atoms with Crippen molar-refractivity contribution in [3.63, 3.8) is 0 Å². The molecule has 0 saturated heterocycles. The lowest BCUT2D eigenvalue weighted by atomic mass is 10.1. The van der Waals surface area contributed by atoms with Gasteiger partial charge in [0.05, 0.1) is 11.1 Å². The zero-order valence-corrected chi connectivity index (χ0v) is 11.0. The predicted octanol–water partition coefficient (Wildman–Crippen LogP) is 4.15. The van der Waals surface area contributed by atoms with E-state index in [1.165, 1.54) is 0 Å². The van der Waals surface area contributed by atoms with E-state index in [2.05, 4.69) is 4.98 Å². The first-order valence-corrected chi connectivity index (χ1v) is 6.35. The van der Waals surface area contributed by atoms with Crippen LogP contribution < -0.4 is 4.74 Å². The van der Waals surface area contributed by atoms with E-state index in [9.17, 15) is 4.79 Å². The van der Waals surface area contributed by atoms with E-state index < -0.39 is 0 Å². The Morgan fingerprint density at radius 1 is 1.10 bits per heavy atom. The van der Waals surface area contributed by atoms with Crippen molar-refractivity contribution in [3.8, 4) is 11.5 Å². The van der Waals surface area contributed by atoms with Gasteiger partial charge in [-0.05, 0) is 37.3 Å².